The second-order valence-corrected chi connectivity index (χ2v) is 3.40. The van der Waals surface area contributed by atoms with E-state index >= 15 is 0 Å². The molecule has 0 aliphatic rings. The van der Waals surface area contributed by atoms with Crippen molar-refractivity contribution in [2.24, 2.45) is 0 Å². The summed E-state index contributed by atoms with van der Waals surface area (Å²) in [7, 11) is 0. The van der Waals surface area contributed by atoms with Crippen LogP contribution in [0, 0.1) is 0 Å². The molecule has 1 amide bonds. The fourth-order valence-electron chi connectivity index (χ4n) is 1.30. The second-order valence-electron chi connectivity index (χ2n) is 3.40. The van der Waals surface area contributed by atoms with Crippen LogP contribution in [0.1, 0.15) is 12.6 Å². The van der Waals surface area contributed by atoms with Gasteiger partial charge in [0.15, 0.2) is 0 Å². The number of hydrogen-bond acceptors (Lipinski definition) is 3. The molecular weight excluding hydrogens is 204 g/mol. The number of benzene rings is 1. The van der Waals surface area contributed by atoms with Crippen molar-refractivity contribution in [3.63, 3.8) is 0 Å². The summed E-state index contributed by atoms with van der Waals surface area (Å²) in [4.78, 5) is 10.7. The summed E-state index contributed by atoms with van der Waals surface area (Å²) < 4.78 is 1.68. The summed E-state index contributed by atoms with van der Waals surface area (Å²) in [6.07, 6.45) is 1.80. The number of carbonyl (C=O) groups excluding carboxylic acids is 1. The SMILES string of the molecule is CC(=O)NCc1cn(-c2ccccc2)nn1. The van der Waals surface area contributed by atoms with Gasteiger partial charge in [-0.25, -0.2) is 4.68 Å². The first kappa shape index (κ1) is 10.4. The van der Waals surface area contributed by atoms with Crippen LogP contribution in [0.3, 0.4) is 0 Å². The maximum atomic E-state index is 10.7. The minimum absolute atomic E-state index is 0.0748. The van der Waals surface area contributed by atoms with E-state index in [0.29, 0.717) is 6.54 Å². The monoisotopic (exact) mass is 216 g/mol. The van der Waals surface area contributed by atoms with Crippen LogP contribution in [0.25, 0.3) is 5.69 Å². The van der Waals surface area contributed by atoms with Crippen molar-refractivity contribution in [2.45, 2.75) is 13.5 Å². The normalized spacial score (nSPS) is 10.1. The third-order valence-electron chi connectivity index (χ3n) is 2.08. The average Bonchev–Trinajstić information content (AvgIpc) is 2.76. The van der Waals surface area contributed by atoms with Crippen LogP contribution in [-0.2, 0) is 11.3 Å². The molecule has 2 rings (SSSR count). The van der Waals surface area contributed by atoms with Gasteiger partial charge in [-0.2, -0.15) is 0 Å². The second kappa shape index (κ2) is 4.57. The summed E-state index contributed by atoms with van der Waals surface area (Å²) in [5.74, 6) is -0.0748. The Bertz CT molecular complexity index is 478. The predicted octanol–water partition coefficient (Wildman–Crippen LogP) is 0.903. The van der Waals surface area contributed by atoms with Crippen molar-refractivity contribution in [1.82, 2.24) is 20.3 Å². The molecule has 0 unspecified atom stereocenters. The first-order chi connectivity index (χ1) is 7.75. The van der Waals surface area contributed by atoms with Gasteiger partial charge in [-0.1, -0.05) is 23.4 Å². The summed E-state index contributed by atoms with van der Waals surface area (Å²) in [6, 6.07) is 9.70. The molecule has 0 atom stereocenters. The van der Waals surface area contributed by atoms with Gasteiger partial charge in [0.2, 0.25) is 5.91 Å². The van der Waals surface area contributed by atoms with Crippen LogP contribution in [0.2, 0.25) is 0 Å². The van der Waals surface area contributed by atoms with E-state index in [0.717, 1.165) is 11.4 Å². The number of amides is 1. The van der Waals surface area contributed by atoms with Crippen molar-refractivity contribution >= 4 is 5.91 Å². The molecule has 16 heavy (non-hydrogen) atoms. The van der Waals surface area contributed by atoms with Crippen molar-refractivity contribution in [3.8, 4) is 5.69 Å². The topological polar surface area (TPSA) is 59.8 Å². The molecule has 0 saturated heterocycles. The molecule has 1 aromatic carbocycles. The van der Waals surface area contributed by atoms with Gasteiger partial charge < -0.3 is 5.32 Å². The Morgan fingerprint density at radius 1 is 1.38 bits per heavy atom. The Morgan fingerprint density at radius 2 is 2.12 bits per heavy atom. The molecule has 1 heterocycles. The first-order valence-electron chi connectivity index (χ1n) is 4.97. The summed E-state index contributed by atoms with van der Waals surface area (Å²) in [5.41, 5.74) is 1.68. The van der Waals surface area contributed by atoms with E-state index in [-0.39, 0.29) is 5.91 Å². The Balaban J connectivity index is 2.11. The quantitative estimate of drug-likeness (QED) is 0.829. The van der Waals surface area contributed by atoms with Crippen molar-refractivity contribution in [1.29, 1.82) is 0 Å². The van der Waals surface area contributed by atoms with Crippen molar-refractivity contribution in [3.05, 3.63) is 42.2 Å². The maximum Gasteiger partial charge on any atom is 0.217 e. The molecule has 0 aliphatic carbocycles. The number of nitrogens with one attached hydrogen (secondary N) is 1. The van der Waals surface area contributed by atoms with Gasteiger partial charge in [0.25, 0.3) is 0 Å². The van der Waals surface area contributed by atoms with Gasteiger partial charge in [-0.3, -0.25) is 4.79 Å². The maximum absolute atomic E-state index is 10.7. The lowest BCUT2D eigenvalue weighted by atomic mass is 10.3. The largest absolute Gasteiger partial charge is 0.351 e. The third-order valence-corrected chi connectivity index (χ3v) is 2.08. The number of aromatic nitrogens is 3. The van der Waals surface area contributed by atoms with Crippen LogP contribution in [0.5, 0.6) is 0 Å². The van der Waals surface area contributed by atoms with E-state index in [1.165, 1.54) is 6.92 Å². The van der Waals surface area contributed by atoms with Crippen LogP contribution < -0.4 is 5.32 Å². The van der Waals surface area contributed by atoms with Gasteiger partial charge >= 0.3 is 0 Å². The van der Waals surface area contributed by atoms with E-state index < -0.39 is 0 Å². The number of rotatable bonds is 3. The van der Waals surface area contributed by atoms with Gasteiger partial charge in [-0.15, -0.1) is 5.10 Å². The Labute approximate surface area is 93.1 Å². The zero-order valence-electron chi connectivity index (χ0n) is 8.92. The highest BCUT2D eigenvalue weighted by Gasteiger charge is 2.02. The van der Waals surface area contributed by atoms with Gasteiger partial charge in [-0.05, 0) is 12.1 Å². The molecule has 0 fully saturated rings. The lowest BCUT2D eigenvalue weighted by Gasteiger charge is -1.98. The summed E-state index contributed by atoms with van der Waals surface area (Å²) >= 11 is 0. The molecular formula is C11H12N4O. The molecule has 1 N–H and O–H groups in total. The summed E-state index contributed by atoms with van der Waals surface area (Å²) in [6.45, 7) is 1.88. The molecule has 0 spiro atoms. The number of nitrogens with zero attached hydrogens (tertiary/aromatic N) is 3. The van der Waals surface area contributed by atoms with Gasteiger partial charge in [0, 0.05) is 6.92 Å². The molecule has 1 aromatic heterocycles. The van der Waals surface area contributed by atoms with E-state index in [4.69, 9.17) is 0 Å². The molecule has 0 radical (unpaired) electrons. The molecule has 0 bridgehead atoms. The zero-order valence-corrected chi connectivity index (χ0v) is 8.92. The fraction of sp³-hybridized carbons (Fsp3) is 0.182. The van der Waals surface area contributed by atoms with Crippen molar-refractivity contribution in [2.75, 3.05) is 0 Å². The Kier molecular flexibility index (Phi) is 2.95. The Hall–Kier alpha value is -2.17. The highest BCUT2D eigenvalue weighted by molar-refractivity contribution is 5.72. The van der Waals surface area contributed by atoms with Crippen LogP contribution in [-0.4, -0.2) is 20.9 Å². The molecule has 0 saturated carbocycles. The van der Waals surface area contributed by atoms with Gasteiger partial charge in [0.05, 0.1) is 18.4 Å². The Morgan fingerprint density at radius 3 is 2.81 bits per heavy atom. The van der Waals surface area contributed by atoms with E-state index in [1.54, 1.807) is 10.9 Å². The van der Waals surface area contributed by atoms with E-state index in [9.17, 15) is 4.79 Å². The van der Waals surface area contributed by atoms with Crippen LogP contribution >= 0.6 is 0 Å². The van der Waals surface area contributed by atoms with Crippen molar-refractivity contribution < 1.29 is 4.79 Å². The minimum atomic E-state index is -0.0748. The summed E-state index contributed by atoms with van der Waals surface area (Å²) in [5, 5.41) is 10.6. The molecule has 0 aliphatic heterocycles. The van der Waals surface area contributed by atoms with E-state index in [1.807, 2.05) is 30.3 Å². The predicted molar refractivity (Wildman–Crippen MR) is 58.9 cm³/mol. The number of para-hydroxylation sites is 1. The lowest BCUT2D eigenvalue weighted by molar-refractivity contribution is -0.119. The van der Waals surface area contributed by atoms with Crippen LogP contribution in [0.4, 0.5) is 0 Å². The van der Waals surface area contributed by atoms with Gasteiger partial charge in [0.1, 0.15) is 5.69 Å². The number of hydrogen-bond donors (Lipinski definition) is 1. The number of carbonyl (C=O) groups is 1. The van der Waals surface area contributed by atoms with Crippen LogP contribution in [0.15, 0.2) is 36.5 Å². The first-order valence-corrected chi connectivity index (χ1v) is 4.97. The molecule has 82 valence electrons. The zero-order chi connectivity index (χ0) is 11.4. The highest BCUT2D eigenvalue weighted by atomic mass is 16.1. The highest BCUT2D eigenvalue weighted by Crippen LogP contribution is 2.05. The smallest absolute Gasteiger partial charge is 0.217 e. The molecule has 2 aromatic rings. The minimum Gasteiger partial charge on any atom is -0.351 e. The molecule has 5 heteroatoms. The molecule has 5 nitrogen and oxygen atoms in total. The fourth-order valence-corrected chi connectivity index (χ4v) is 1.30. The lowest BCUT2D eigenvalue weighted by Crippen LogP contribution is -2.19. The van der Waals surface area contributed by atoms with E-state index in [2.05, 4.69) is 15.6 Å². The standard InChI is InChI=1S/C11H12N4O/c1-9(16)12-7-10-8-15(14-13-10)11-5-3-2-4-6-11/h2-6,8H,7H2,1H3,(H,12,16). The third kappa shape index (κ3) is 2.44. The average molecular weight is 216 g/mol.